The van der Waals surface area contributed by atoms with Crippen LogP contribution in [0.5, 0.6) is 0 Å². The molecule has 1 rings (SSSR count). The van der Waals surface area contributed by atoms with Crippen LogP contribution < -0.4 is 10.6 Å². The van der Waals surface area contributed by atoms with E-state index < -0.39 is 0 Å². The Morgan fingerprint density at radius 2 is 2.33 bits per heavy atom. The smallest absolute Gasteiger partial charge is 0.237 e. The number of hydrogen-bond donors (Lipinski definition) is 3. The van der Waals surface area contributed by atoms with Crippen LogP contribution in [0, 0.1) is 0 Å². The van der Waals surface area contributed by atoms with E-state index in [0.717, 1.165) is 12.2 Å². The van der Waals surface area contributed by atoms with Crippen LogP contribution in [-0.4, -0.2) is 29.7 Å². The van der Waals surface area contributed by atoms with E-state index in [2.05, 4.69) is 10.6 Å². The van der Waals surface area contributed by atoms with Gasteiger partial charge in [0.15, 0.2) is 0 Å². The molecule has 3 N–H and O–H groups in total. The van der Waals surface area contributed by atoms with Crippen LogP contribution in [0.2, 0.25) is 0 Å². The second-order valence-corrected chi connectivity index (χ2v) is 4.32. The molecular weight excluding hydrogens is 232 g/mol. The summed E-state index contributed by atoms with van der Waals surface area (Å²) in [4.78, 5) is 11.7. The van der Waals surface area contributed by atoms with Crippen molar-refractivity contribution in [1.29, 1.82) is 0 Å². The van der Waals surface area contributed by atoms with Crippen molar-refractivity contribution in [2.24, 2.45) is 0 Å². The molecule has 0 aliphatic carbocycles. The molecule has 0 bridgehead atoms. The zero-order valence-electron chi connectivity index (χ0n) is 11.0. The van der Waals surface area contributed by atoms with Gasteiger partial charge in [-0.25, -0.2) is 0 Å². The molecule has 1 heterocycles. The second kappa shape index (κ2) is 7.89. The quantitative estimate of drug-likeness (QED) is 0.648. The highest BCUT2D eigenvalue weighted by molar-refractivity contribution is 5.81. The first-order chi connectivity index (χ1) is 8.63. The highest BCUT2D eigenvalue weighted by atomic mass is 16.3. The molecule has 102 valence electrons. The Balaban J connectivity index is 2.16. The molecule has 1 aromatic heterocycles. The number of rotatable bonds is 8. The summed E-state index contributed by atoms with van der Waals surface area (Å²) in [6.45, 7) is 4.76. The molecule has 2 atom stereocenters. The molecule has 0 aromatic carbocycles. The lowest BCUT2D eigenvalue weighted by Gasteiger charge is -2.14. The number of carbonyl (C=O) groups is 1. The summed E-state index contributed by atoms with van der Waals surface area (Å²) in [5.74, 6) is 0.661. The third-order valence-corrected chi connectivity index (χ3v) is 2.81. The van der Waals surface area contributed by atoms with E-state index in [-0.39, 0.29) is 18.1 Å². The Kier molecular flexibility index (Phi) is 6.46. The molecule has 0 aliphatic rings. The highest BCUT2D eigenvalue weighted by Crippen LogP contribution is 1.99. The van der Waals surface area contributed by atoms with Gasteiger partial charge in [0.2, 0.25) is 5.91 Å². The van der Waals surface area contributed by atoms with Gasteiger partial charge in [-0.15, -0.1) is 0 Å². The third kappa shape index (κ3) is 5.33. The maximum Gasteiger partial charge on any atom is 0.237 e. The minimum Gasteiger partial charge on any atom is -0.467 e. The zero-order chi connectivity index (χ0) is 13.4. The second-order valence-electron chi connectivity index (χ2n) is 4.32. The molecule has 0 saturated heterocycles. The Morgan fingerprint density at radius 1 is 1.56 bits per heavy atom. The first-order valence-corrected chi connectivity index (χ1v) is 6.35. The molecule has 0 aliphatic heterocycles. The number of aliphatic hydroxyl groups is 1. The van der Waals surface area contributed by atoms with Gasteiger partial charge in [0, 0.05) is 0 Å². The van der Waals surface area contributed by atoms with Crippen molar-refractivity contribution >= 4 is 5.91 Å². The summed E-state index contributed by atoms with van der Waals surface area (Å²) in [5.41, 5.74) is 0. The number of furan rings is 1. The lowest BCUT2D eigenvalue weighted by Crippen LogP contribution is -2.42. The Labute approximate surface area is 108 Å². The lowest BCUT2D eigenvalue weighted by molar-refractivity contribution is -0.123. The molecule has 1 amide bonds. The minimum atomic E-state index is -0.295. The van der Waals surface area contributed by atoms with E-state index in [9.17, 15) is 9.90 Å². The monoisotopic (exact) mass is 254 g/mol. The van der Waals surface area contributed by atoms with Gasteiger partial charge in [-0.3, -0.25) is 4.79 Å². The number of hydrogen-bond acceptors (Lipinski definition) is 4. The first kappa shape index (κ1) is 14.7. The van der Waals surface area contributed by atoms with Crippen molar-refractivity contribution in [3.8, 4) is 0 Å². The fraction of sp³-hybridized carbons (Fsp3) is 0.615. The summed E-state index contributed by atoms with van der Waals surface area (Å²) in [7, 11) is 0. The van der Waals surface area contributed by atoms with E-state index in [0.29, 0.717) is 19.5 Å². The fourth-order valence-corrected chi connectivity index (χ4v) is 1.50. The first-order valence-electron chi connectivity index (χ1n) is 6.35. The van der Waals surface area contributed by atoms with Crippen molar-refractivity contribution in [1.82, 2.24) is 10.6 Å². The summed E-state index contributed by atoms with van der Waals surface area (Å²) < 4.78 is 5.12. The Morgan fingerprint density at radius 3 is 2.94 bits per heavy atom. The molecule has 0 radical (unpaired) electrons. The molecule has 18 heavy (non-hydrogen) atoms. The van der Waals surface area contributed by atoms with Crippen molar-refractivity contribution < 1.29 is 14.3 Å². The molecule has 0 saturated carbocycles. The summed E-state index contributed by atoms with van der Waals surface area (Å²) in [6, 6.07) is 3.33. The van der Waals surface area contributed by atoms with Crippen LogP contribution in [0.25, 0.3) is 0 Å². The largest absolute Gasteiger partial charge is 0.467 e. The molecule has 2 unspecified atom stereocenters. The van der Waals surface area contributed by atoms with Gasteiger partial charge in [-0.1, -0.05) is 6.92 Å². The van der Waals surface area contributed by atoms with Crippen LogP contribution in [0.1, 0.15) is 32.4 Å². The third-order valence-electron chi connectivity index (χ3n) is 2.81. The summed E-state index contributed by atoms with van der Waals surface area (Å²) in [6.07, 6.45) is 2.68. The maximum absolute atomic E-state index is 11.7. The minimum absolute atomic E-state index is 0.0719. The van der Waals surface area contributed by atoms with Crippen molar-refractivity contribution in [3.05, 3.63) is 24.2 Å². The number of aliphatic hydroxyl groups excluding tert-OH is 1. The van der Waals surface area contributed by atoms with Gasteiger partial charge < -0.3 is 20.2 Å². The molecule has 5 heteroatoms. The van der Waals surface area contributed by atoms with Gasteiger partial charge in [-0.2, -0.15) is 0 Å². The van der Waals surface area contributed by atoms with Crippen molar-refractivity contribution in [2.45, 2.75) is 45.4 Å². The normalized spacial score (nSPS) is 14.2. The molecule has 1 aromatic rings. The van der Waals surface area contributed by atoms with E-state index in [4.69, 9.17) is 4.42 Å². The number of carbonyl (C=O) groups excluding carboxylic acids is 1. The fourth-order valence-electron chi connectivity index (χ4n) is 1.50. The SMILES string of the molecule is CCC(O)CCNC(C)C(=O)NCc1ccco1. The van der Waals surface area contributed by atoms with Crippen LogP contribution in [0.3, 0.4) is 0 Å². The van der Waals surface area contributed by atoms with E-state index in [1.54, 1.807) is 19.3 Å². The summed E-state index contributed by atoms with van der Waals surface area (Å²) >= 11 is 0. The standard InChI is InChI=1S/C13H22N2O3/c1-3-11(16)6-7-14-10(2)13(17)15-9-12-5-4-8-18-12/h4-5,8,10-11,14,16H,3,6-7,9H2,1-2H3,(H,15,17). The van der Waals surface area contributed by atoms with E-state index in [1.165, 1.54) is 0 Å². The Hall–Kier alpha value is -1.33. The van der Waals surface area contributed by atoms with Gasteiger partial charge in [0.1, 0.15) is 5.76 Å². The number of amides is 1. The highest BCUT2D eigenvalue weighted by Gasteiger charge is 2.12. The van der Waals surface area contributed by atoms with E-state index >= 15 is 0 Å². The van der Waals surface area contributed by atoms with Crippen LogP contribution in [-0.2, 0) is 11.3 Å². The maximum atomic E-state index is 11.7. The van der Waals surface area contributed by atoms with Gasteiger partial charge in [-0.05, 0) is 38.4 Å². The molecular formula is C13H22N2O3. The van der Waals surface area contributed by atoms with Crippen LogP contribution >= 0.6 is 0 Å². The predicted octanol–water partition coefficient (Wildman–Crippen LogP) is 1.03. The van der Waals surface area contributed by atoms with E-state index in [1.807, 2.05) is 13.0 Å². The van der Waals surface area contributed by atoms with Crippen LogP contribution in [0.15, 0.2) is 22.8 Å². The summed E-state index contributed by atoms with van der Waals surface area (Å²) in [5, 5.41) is 15.2. The number of nitrogens with one attached hydrogen (secondary N) is 2. The topological polar surface area (TPSA) is 74.5 Å². The Bertz CT molecular complexity index is 338. The van der Waals surface area contributed by atoms with Gasteiger partial charge in [0.25, 0.3) is 0 Å². The van der Waals surface area contributed by atoms with Gasteiger partial charge >= 0.3 is 0 Å². The molecule has 0 spiro atoms. The zero-order valence-corrected chi connectivity index (χ0v) is 11.0. The van der Waals surface area contributed by atoms with Crippen LogP contribution in [0.4, 0.5) is 0 Å². The molecule has 5 nitrogen and oxygen atoms in total. The average molecular weight is 254 g/mol. The molecule has 0 fully saturated rings. The predicted molar refractivity (Wildman–Crippen MR) is 68.9 cm³/mol. The van der Waals surface area contributed by atoms with Crippen molar-refractivity contribution in [2.75, 3.05) is 6.54 Å². The van der Waals surface area contributed by atoms with Gasteiger partial charge in [0.05, 0.1) is 25.0 Å². The lowest BCUT2D eigenvalue weighted by atomic mass is 10.2. The van der Waals surface area contributed by atoms with Crippen molar-refractivity contribution in [3.63, 3.8) is 0 Å². The average Bonchev–Trinajstić information content (AvgIpc) is 2.88.